The molecule has 0 heterocycles. The van der Waals surface area contributed by atoms with Crippen LogP contribution in [0.3, 0.4) is 0 Å². The summed E-state index contributed by atoms with van der Waals surface area (Å²) in [7, 11) is -2.91. The Labute approximate surface area is 149 Å². The summed E-state index contributed by atoms with van der Waals surface area (Å²) in [5.41, 5.74) is 12.2. The molecule has 0 aromatic carbocycles. The highest BCUT2D eigenvalue weighted by Gasteiger charge is 2.57. The van der Waals surface area contributed by atoms with E-state index in [9.17, 15) is 0 Å². The summed E-state index contributed by atoms with van der Waals surface area (Å²) in [6, 6.07) is 0. The van der Waals surface area contributed by atoms with Crippen LogP contribution in [0.1, 0.15) is 47.0 Å². The summed E-state index contributed by atoms with van der Waals surface area (Å²) in [5.74, 6) is 0. The van der Waals surface area contributed by atoms with Crippen molar-refractivity contribution in [3.8, 4) is 0 Å². The lowest BCUT2D eigenvalue weighted by atomic mass is 10.1. The van der Waals surface area contributed by atoms with Gasteiger partial charge < -0.3 is 35.4 Å². The second-order valence-corrected chi connectivity index (χ2v) is 8.73. The minimum absolute atomic E-state index is 0.547. The Morgan fingerprint density at radius 1 is 0.833 bits per heavy atom. The zero-order valence-electron chi connectivity index (χ0n) is 16.2. The maximum atomic E-state index is 6.75. The molecule has 24 heavy (non-hydrogen) atoms. The Kier molecular flexibility index (Phi) is 14.1. The largest absolute Gasteiger partial charge is 0.521 e. The van der Waals surface area contributed by atoms with Gasteiger partial charge in [0.05, 0.1) is 5.16 Å². The van der Waals surface area contributed by atoms with E-state index < -0.39 is 14.0 Å². The Hall–Kier alpha value is -0.0631. The van der Waals surface area contributed by atoms with Gasteiger partial charge in [0, 0.05) is 46.0 Å². The molecule has 8 heteroatoms. The molecule has 0 radical (unpaired) electrons. The monoisotopic (exact) mass is 364 g/mol. The topological polar surface area (TPSA) is 104 Å². The van der Waals surface area contributed by atoms with Crippen molar-refractivity contribution >= 4 is 8.80 Å². The second kappa shape index (κ2) is 14.1. The first-order valence-electron chi connectivity index (χ1n) is 9.38. The fourth-order valence-electron chi connectivity index (χ4n) is 2.73. The van der Waals surface area contributed by atoms with Gasteiger partial charge in [-0.3, -0.25) is 0 Å². The molecule has 0 aliphatic heterocycles. The van der Waals surface area contributed by atoms with Gasteiger partial charge in [0.15, 0.2) is 0 Å². The summed E-state index contributed by atoms with van der Waals surface area (Å²) in [4.78, 5) is 0. The van der Waals surface area contributed by atoms with Gasteiger partial charge in [0.25, 0.3) is 0 Å². The minimum Gasteiger partial charge on any atom is -0.373 e. The van der Waals surface area contributed by atoms with Crippen molar-refractivity contribution < 1.29 is 13.3 Å². The van der Waals surface area contributed by atoms with Crippen LogP contribution in [0.15, 0.2) is 0 Å². The molecular formula is C16H40N4O3Si. The van der Waals surface area contributed by atoms with E-state index in [1.165, 1.54) is 0 Å². The van der Waals surface area contributed by atoms with E-state index >= 15 is 0 Å². The van der Waals surface area contributed by atoms with E-state index in [1.807, 2.05) is 20.8 Å². The molecule has 7 nitrogen and oxygen atoms in total. The highest BCUT2D eigenvalue weighted by molar-refractivity contribution is 6.64. The standard InChI is InChI=1S/C16H40N4O3Si/c1-5-16(18,10-9-12-19-14-15-20-13-11-17)24(21-6-2,22-7-3)23-8-4/h19-20H,5-15,17-18H2,1-4H3. The number of nitrogens with one attached hydrogen (secondary N) is 2. The molecule has 0 saturated heterocycles. The van der Waals surface area contributed by atoms with Crippen molar-refractivity contribution in [2.24, 2.45) is 11.5 Å². The Bertz CT molecular complexity index is 283. The van der Waals surface area contributed by atoms with Crippen LogP contribution >= 0.6 is 0 Å². The van der Waals surface area contributed by atoms with E-state index in [4.69, 9.17) is 24.7 Å². The molecule has 0 rings (SSSR count). The third kappa shape index (κ3) is 7.88. The third-order valence-electron chi connectivity index (χ3n) is 4.02. The van der Waals surface area contributed by atoms with Crippen LogP contribution in [0.25, 0.3) is 0 Å². The summed E-state index contributed by atoms with van der Waals surface area (Å²) in [6.07, 6.45) is 2.55. The van der Waals surface area contributed by atoms with Gasteiger partial charge in [0.1, 0.15) is 0 Å². The Morgan fingerprint density at radius 2 is 1.33 bits per heavy atom. The number of rotatable bonds is 17. The number of hydrogen-bond acceptors (Lipinski definition) is 7. The van der Waals surface area contributed by atoms with Crippen LogP contribution in [-0.4, -0.2) is 66.5 Å². The van der Waals surface area contributed by atoms with Gasteiger partial charge in [-0.25, -0.2) is 0 Å². The van der Waals surface area contributed by atoms with Crippen molar-refractivity contribution in [1.82, 2.24) is 10.6 Å². The minimum atomic E-state index is -2.91. The van der Waals surface area contributed by atoms with Gasteiger partial charge in [-0.2, -0.15) is 0 Å². The molecule has 0 fully saturated rings. The highest BCUT2D eigenvalue weighted by Crippen LogP contribution is 2.30. The average Bonchev–Trinajstić information content (AvgIpc) is 2.57. The maximum absolute atomic E-state index is 6.75. The SMILES string of the molecule is CCO[Si](OCC)(OCC)C(N)(CC)CCCNCCNCCN. The summed E-state index contributed by atoms with van der Waals surface area (Å²) in [6.45, 7) is 13.9. The molecular weight excluding hydrogens is 324 g/mol. The third-order valence-corrected chi connectivity index (χ3v) is 7.85. The lowest BCUT2D eigenvalue weighted by molar-refractivity contribution is 0.0418. The molecule has 0 amide bonds. The fraction of sp³-hybridized carbons (Fsp3) is 1.00. The van der Waals surface area contributed by atoms with Crippen LogP contribution < -0.4 is 22.1 Å². The van der Waals surface area contributed by atoms with Crippen LogP contribution in [0.5, 0.6) is 0 Å². The Balaban J connectivity index is 4.53. The van der Waals surface area contributed by atoms with Gasteiger partial charge in [0.2, 0.25) is 0 Å². The normalized spacial score (nSPS) is 14.8. The van der Waals surface area contributed by atoms with E-state index in [1.54, 1.807) is 0 Å². The Morgan fingerprint density at radius 3 is 1.75 bits per heavy atom. The smallest absolute Gasteiger partial charge is 0.373 e. The van der Waals surface area contributed by atoms with Crippen LogP contribution in [0.2, 0.25) is 0 Å². The molecule has 6 N–H and O–H groups in total. The lowest BCUT2D eigenvalue weighted by Gasteiger charge is -2.42. The highest BCUT2D eigenvalue weighted by atomic mass is 28.4. The van der Waals surface area contributed by atoms with E-state index in [-0.39, 0.29) is 0 Å². The average molecular weight is 365 g/mol. The summed E-state index contributed by atoms with van der Waals surface area (Å²) in [5, 5.41) is 6.14. The molecule has 0 spiro atoms. The molecule has 0 aromatic rings. The fourth-order valence-corrected chi connectivity index (χ4v) is 5.90. The maximum Gasteiger partial charge on any atom is 0.521 e. The van der Waals surface area contributed by atoms with E-state index in [0.717, 1.165) is 45.4 Å². The predicted molar refractivity (Wildman–Crippen MR) is 102 cm³/mol. The van der Waals surface area contributed by atoms with Crippen LogP contribution in [0, 0.1) is 0 Å². The van der Waals surface area contributed by atoms with E-state index in [2.05, 4.69) is 17.6 Å². The van der Waals surface area contributed by atoms with Crippen LogP contribution in [-0.2, 0) is 13.3 Å². The quantitative estimate of drug-likeness (QED) is 0.221. The van der Waals surface area contributed by atoms with Crippen molar-refractivity contribution in [1.29, 1.82) is 0 Å². The zero-order chi connectivity index (χ0) is 18.3. The van der Waals surface area contributed by atoms with Crippen molar-refractivity contribution in [2.75, 3.05) is 52.5 Å². The first kappa shape index (κ1) is 23.9. The van der Waals surface area contributed by atoms with Crippen molar-refractivity contribution in [3.63, 3.8) is 0 Å². The molecule has 0 aliphatic carbocycles. The number of hydrogen-bond donors (Lipinski definition) is 4. The second-order valence-electron chi connectivity index (χ2n) is 5.76. The van der Waals surface area contributed by atoms with Crippen molar-refractivity contribution in [3.05, 3.63) is 0 Å². The predicted octanol–water partition coefficient (Wildman–Crippen LogP) is 0.600. The van der Waals surface area contributed by atoms with Crippen molar-refractivity contribution in [2.45, 2.75) is 52.1 Å². The number of nitrogens with two attached hydrogens (primary N) is 2. The molecule has 0 aromatic heterocycles. The first-order valence-corrected chi connectivity index (χ1v) is 11.1. The lowest BCUT2D eigenvalue weighted by Crippen LogP contribution is -2.70. The molecule has 0 saturated carbocycles. The summed E-state index contributed by atoms with van der Waals surface area (Å²) >= 11 is 0. The molecule has 0 bridgehead atoms. The first-order chi connectivity index (χ1) is 11.6. The van der Waals surface area contributed by atoms with Gasteiger partial charge in [-0.05, 0) is 46.6 Å². The molecule has 1 atom stereocenters. The molecule has 0 aliphatic rings. The summed E-state index contributed by atoms with van der Waals surface area (Å²) < 4.78 is 18.0. The van der Waals surface area contributed by atoms with E-state index in [0.29, 0.717) is 26.4 Å². The van der Waals surface area contributed by atoms with Gasteiger partial charge in [-0.1, -0.05) is 6.92 Å². The van der Waals surface area contributed by atoms with Gasteiger partial charge in [-0.15, -0.1) is 0 Å². The molecule has 146 valence electrons. The van der Waals surface area contributed by atoms with Gasteiger partial charge >= 0.3 is 8.80 Å². The van der Waals surface area contributed by atoms with Crippen LogP contribution in [0.4, 0.5) is 0 Å². The zero-order valence-corrected chi connectivity index (χ0v) is 17.2. The molecule has 1 unspecified atom stereocenters.